The molecule has 0 spiro atoms. The zero-order chi connectivity index (χ0) is 14.7. The highest BCUT2D eigenvalue weighted by Crippen LogP contribution is 2.31. The number of aromatic nitrogens is 2. The van der Waals surface area contributed by atoms with Crippen LogP contribution in [0.3, 0.4) is 0 Å². The third kappa shape index (κ3) is 3.84. The Morgan fingerprint density at radius 3 is 2.65 bits per heavy atom. The maximum Gasteiger partial charge on any atom is 0.135 e. The zero-order valence-electron chi connectivity index (χ0n) is 11.2. The van der Waals surface area contributed by atoms with Crippen molar-refractivity contribution >= 4 is 50.6 Å². The molecule has 1 aromatic carbocycles. The second kappa shape index (κ2) is 6.74. The fourth-order valence-corrected chi connectivity index (χ4v) is 2.67. The van der Waals surface area contributed by atoms with Crippen LogP contribution in [0.25, 0.3) is 0 Å². The van der Waals surface area contributed by atoms with Crippen molar-refractivity contribution in [3.05, 3.63) is 44.2 Å². The van der Waals surface area contributed by atoms with Crippen molar-refractivity contribution in [2.45, 2.75) is 26.7 Å². The van der Waals surface area contributed by atoms with E-state index in [1.165, 1.54) is 0 Å². The van der Waals surface area contributed by atoms with Crippen LogP contribution in [0.2, 0.25) is 10.2 Å². The third-order valence-electron chi connectivity index (χ3n) is 2.73. The SMILES string of the molecule is CCCc1nc(Cl)cc(Nc2cc(Cl)c(C)cc2Br)n1. The molecule has 20 heavy (non-hydrogen) atoms. The molecule has 6 heteroatoms. The van der Waals surface area contributed by atoms with Crippen LogP contribution in [-0.2, 0) is 6.42 Å². The molecule has 0 atom stereocenters. The first-order valence-corrected chi connectivity index (χ1v) is 7.80. The van der Waals surface area contributed by atoms with Crippen molar-refractivity contribution in [3.63, 3.8) is 0 Å². The van der Waals surface area contributed by atoms with E-state index < -0.39 is 0 Å². The lowest BCUT2D eigenvalue weighted by atomic mass is 10.2. The van der Waals surface area contributed by atoms with E-state index in [9.17, 15) is 0 Å². The lowest BCUT2D eigenvalue weighted by molar-refractivity contribution is 0.837. The molecule has 2 rings (SSSR count). The van der Waals surface area contributed by atoms with Crippen LogP contribution in [0, 0.1) is 6.92 Å². The standard InChI is InChI=1S/C14H14BrCl2N3/c1-3-4-13-19-12(17)7-14(20-13)18-11-6-10(16)8(2)5-9(11)15/h5-7H,3-4H2,1-2H3,(H,18,19,20). The molecule has 1 N–H and O–H groups in total. The average Bonchev–Trinajstić information content (AvgIpc) is 2.35. The summed E-state index contributed by atoms with van der Waals surface area (Å²) in [6.07, 6.45) is 1.77. The monoisotopic (exact) mass is 373 g/mol. The molecule has 0 fully saturated rings. The van der Waals surface area contributed by atoms with Crippen molar-refractivity contribution in [3.8, 4) is 0 Å². The average molecular weight is 375 g/mol. The molecule has 0 aliphatic carbocycles. The van der Waals surface area contributed by atoms with Crippen LogP contribution in [-0.4, -0.2) is 9.97 Å². The molecule has 0 radical (unpaired) electrons. The molecule has 0 amide bonds. The number of rotatable bonds is 4. The Kier molecular flexibility index (Phi) is 5.24. The maximum absolute atomic E-state index is 6.14. The summed E-state index contributed by atoms with van der Waals surface area (Å²) in [5.41, 5.74) is 1.86. The number of aryl methyl sites for hydroxylation is 2. The normalized spacial score (nSPS) is 10.7. The van der Waals surface area contributed by atoms with Gasteiger partial charge in [0.15, 0.2) is 0 Å². The van der Waals surface area contributed by atoms with E-state index >= 15 is 0 Å². The molecule has 0 bridgehead atoms. The number of hydrogen-bond donors (Lipinski definition) is 1. The highest BCUT2D eigenvalue weighted by molar-refractivity contribution is 9.10. The molecule has 0 unspecified atom stereocenters. The first kappa shape index (κ1) is 15.5. The predicted octanol–water partition coefficient (Wildman–Crippen LogP) is 5.55. The summed E-state index contributed by atoms with van der Waals surface area (Å²) in [6.45, 7) is 4.03. The number of anilines is 2. The fraction of sp³-hybridized carbons (Fsp3) is 0.286. The van der Waals surface area contributed by atoms with Crippen LogP contribution in [0.1, 0.15) is 24.7 Å². The van der Waals surface area contributed by atoms with Crippen LogP contribution < -0.4 is 5.32 Å². The zero-order valence-corrected chi connectivity index (χ0v) is 14.3. The van der Waals surface area contributed by atoms with Crippen LogP contribution in [0.15, 0.2) is 22.7 Å². The molecule has 1 aromatic heterocycles. The van der Waals surface area contributed by atoms with Gasteiger partial charge in [0.1, 0.15) is 16.8 Å². The fourth-order valence-electron chi connectivity index (χ4n) is 1.74. The molecule has 0 aliphatic heterocycles. The number of nitrogens with one attached hydrogen (secondary N) is 1. The number of benzene rings is 1. The Hall–Kier alpha value is -0.840. The van der Waals surface area contributed by atoms with E-state index in [-0.39, 0.29) is 0 Å². The Bertz CT molecular complexity index is 632. The van der Waals surface area contributed by atoms with Gasteiger partial charge < -0.3 is 5.32 Å². The molecule has 0 aliphatic rings. The summed E-state index contributed by atoms with van der Waals surface area (Å²) < 4.78 is 0.922. The first-order valence-electron chi connectivity index (χ1n) is 6.25. The summed E-state index contributed by atoms with van der Waals surface area (Å²) in [5, 5.41) is 4.34. The summed E-state index contributed by atoms with van der Waals surface area (Å²) in [6, 6.07) is 5.51. The van der Waals surface area contributed by atoms with Gasteiger partial charge in [0.05, 0.1) is 5.69 Å². The van der Waals surface area contributed by atoms with Crippen molar-refractivity contribution in [2.24, 2.45) is 0 Å². The van der Waals surface area contributed by atoms with E-state index in [2.05, 4.69) is 38.1 Å². The Morgan fingerprint density at radius 2 is 1.95 bits per heavy atom. The topological polar surface area (TPSA) is 37.8 Å². The largest absolute Gasteiger partial charge is 0.339 e. The van der Waals surface area contributed by atoms with Crippen molar-refractivity contribution in [1.82, 2.24) is 9.97 Å². The smallest absolute Gasteiger partial charge is 0.135 e. The predicted molar refractivity (Wildman–Crippen MR) is 88.2 cm³/mol. The first-order chi connectivity index (χ1) is 9.49. The minimum absolute atomic E-state index is 0.431. The Labute approximate surface area is 136 Å². The van der Waals surface area contributed by atoms with E-state index in [1.807, 2.05) is 19.1 Å². The van der Waals surface area contributed by atoms with Crippen molar-refractivity contribution in [2.75, 3.05) is 5.32 Å². The molecular weight excluding hydrogens is 361 g/mol. The molecule has 106 valence electrons. The highest BCUT2D eigenvalue weighted by atomic mass is 79.9. The summed E-state index contributed by atoms with van der Waals surface area (Å²) >= 11 is 15.7. The molecule has 0 saturated heterocycles. The number of halogens is 3. The maximum atomic E-state index is 6.14. The summed E-state index contributed by atoms with van der Waals surface area (Å²) in [7, 11) is 0. The van der Waals surface area contributed by atoms with Gasteiger partial charge in [-0.1, -0.05) is 30.1 Å². The highest BCUT2D eigenvalue weighted by Gasteiger charge is 2.07. The van der Waals surface area contributed by atoms with Gasteiger partial charge in [-0.05, 0) is 47.0 Å². The van der Waals surface area contributed by atoms with Crippen LogP contribution >= 0.6 is 39.1 Å². The van der Waals surface area contributed by atoms with Gasteiger partial charge in [0.25, 0.3) is 0 Å². The van der Waals surface area contributed by atoms with Crippen molar-refractivity contribution < 1.29 is 0 Å². The molecule has 2 aromatic rings. The van der Waals surface area contributed by atoms with Gasteiger partial charge in [-0.25, -0.2) is 9.97 Å². The van der Waals surface area contributed by atoms with Gasteiger partial charge in [-0.15, -0.1) is 0 Å². The summed E-state index contributed by atoms with van der Waals surface area (Å²) in [5.74, 6) is 1.39. The molecule has 1 heterocycles. The molecule has 3 nitrogen and oxygen atoms in total. The van der Waals surface area contributed by atoms with Gasteiger partial charge in [-0.3, -0.25) is 0 Å². The minimum atomic E-state index is 0.431. The Balaban J connectivity index is 2.32. The molecule has 0 saturated carbocycles. The number of hydrogen-bond acceptors (Lipinski definition) is 3. The third-order valence-corrected chi connectivity index (χ3v) is 3.98. The molecular formula is C14H14BrCl2N3. The van der Waals surface area contributed by atoms with Gasteiger partial charge in [0, 0.05) is 22.0 Å². The van der Waals surface area contributed by atoms with Gasteiger partial charge in [-0.2, -0.15) is 0 Å². The van der Waals surface area contributed by atoms with E-state index in [0.717, 1.165) is 34.4 Å². The van der Waals surface area contributed by atoms with Gasteiger partial charge in [0.2, 0.25) is 0 Å². The lowest BCUT2D eigenvalue weighted by Gasteiger charge is -2.11. The second-order valence-electron chi connectivity index (χ2n) is 4.45. The minimum Gasteiger partial charge on any atom is -0.339 e. The van der Waals surface area contributed by atoms with Gasteiger partial charge >= 0.3 is 0 Å². The van der Waals surface area contributed by atoms with Crippen molar-refractivity contribution in [1.29, 1.82) is 0 Å². The lowest BCUT2D eigenvalue weighted by Crippen LogP contribution is -2.01. The summed E-state index contributed by atoms with van der Waals surface area (Å²) in [4.78, 5) is 8.64. The Morgan fingerprint density at radius 1 is 1.20 bits per heavy atom. The van der Waals surface area contributed by atoms with E-state index in [1.54, 1.807) is 6.07 Å². The van der Waals surface area contributed by atoms with Crippen LogP contribution in [0.4, 0.5) is 11.5 Å². The van der Waals surface area contributed by atoms with E-state index in [4.69, 9.17) is 23.2 Å². The van der Waals surface area contributed by atoms with E-state index in [0.29, 0.717) is 16.0 Å². The number of nitrogens with zero attached hydrogens (tertiary/aromatic N) is 2. The second-order valence-corrected chi connectivity index (χ2v) is 6.10. The quantitative estimate of drug-likeness (QED) is 0.712. The van der Waals surface area contributed by atoms with Crippen LogP contribution in [0.5, 0.6) is 0 Å².